The molecule has 2 aromatic rings. The molecule has 1 aliphatic heterocycles. The molecular formula is C11H11N5O4. The molecule has 0 bridgehead atoms. The zero-order valence-corrected chi connectivity index (χ0v) is 10.2. The van der Waals surface area contributed by atoms with Crippen molar-refractivity contribution in [1.82, 2.24) is 19.5 Å². The molecule has 4 atom stereocenters. The van der Waals surface area contributed by atoms with Crippen molar-refractivity contribution in [2.75, 3.05) is 0 Å². The first-order chi connectivity index (χ1) is 9.63. The van der Waals surface area contributed by atoms with Gasteiger partial charge in [0, 0.05) is 0 Å². The van der Waals surface area contributed by atoms with Gasteiger partial charge in [0.2, 0.25) is 0 Å². The van der Waals surface area contributed by atoms with Crippen LogP contribution in [0.15, 0.2) is 17.4 Å². The SMILES string of the molecule is N#CC[C@H]1O[C@@H](n2cnc3c(=O)[nH]cnc32)[C@H](O)[C@@H]1O. The zero-order chi connectivity index (χ0) is 14.3. The Morgan fingerprint density at radius 1 is 1.45 bits per heavy atom. The zero-order valence-electron chi connectivity index (χ0n) is 10.2. The van der Waals surface area contributed by atoms with E-state index in [-0.39, 0.29) is 17.6 Å². The number of imidazole rings is 1. The number of ether oxygens (including phenoxy) is 1. The van der Waals surface area contributed by atoms with Crippen LogP contribution in [0.5, 0.6) is 0 Å². The predicted octanol–water partition coefficient (Wildman–Crippen LogP) is -1.35. The summed E-state index contributed by atoms with van der Waals surface area (Å²) < 4.78 is 6.84. The number of aromatic nitrogens is 4. The minimum Gasteiger partial charge on any atom is -0.387 e. The molecule has 3 N–H and O–H groups in total. The Hall–Kier alpha value is -2.28. The molecule has 3 heterocycles. The average molecular weight is 277 g/mol. The summed E-state index contributed by atoms with van der Waals surface area (Å²) in [6, 6.07) is 1.88. The highest BCUT2D eigenvalue weighted by Gasteiger charge is 2.44. The first-order valence-electron chi connectivity index (χ1n) is 5.92. The second-order valence-electron chi connectivity index (χ2n) is 4.46. The second kappa shape index (κ2) is 4.68. The molecule has 2 aromatic heterocycles. The van der Waals surface area contributed by atoms with E-state index < -0.39 is 30.1 Å². The number of hydrogen-bond acceptors (Lipinski definition) is 7. The first kappa shape index (κ1) is 12.7. The average Bonchev–Trinajstić information content (AvgIpc) is 2.97. The van der Waals surface area contributed by atoms with Crippen LogP contribution in [-0.2, 0) is 4.74 Å². The van der Waals surface area contributed by atoms with Crippen molar-refractivity contribution in [2.45, 2.75) is 31.0 Å². The molecule has 1 aliphatic rings. The summed E-state index contributed by atoms with van der Waals surface area (Å²) in [5.74, 6) is 0. The van der Waals surface area contributed by atoms with E-state index in [2.05, 4.69) is 15.0 Å². The Balaban J connectivity index is 2.02. The summed E-state index contributed by atoms with van der Waals surface area (Å²) in [5, 5.41) is 28.5. The maximum Gasteiger partial charge on any atom is 0.278 e. The van der Waals surface area contributed by atoms with E-state index in [9.17, 15) is 15.0 Å². The van der Waals surface area contributed by atoms with Crippen molar-refractivity contribution in [3.05, 3.63) is 23.0 Å². The lowest BCUT2D eigenvalue weighted by molar-refractivity contribution is -0.0334. The third-order valence-corrected chi connectivity index (χ3v) is 3.27. The van der Waals surface area contributed by atoms with E-state index in [0.29, 0.717) is 0 Å². The second-order valence-corrected chi connectivity index (χ2v) is 4.46. The van der Waals surface area contributed by atoms with E-state index in [4.69, 9.17) is 10.00 Å². The van der Waals surface area contributed by atoms with Crippen LogP contribution in [0.25, 0.3) is 11.2 Å². The van der Waals surface area contributed by atoms with Gasteiger partial charge in [-0.2, -0.15) is 5.26 Å². The number of nitrogens with one attached hydrogen (secondary N) is 1. The molecule has 0 spiro atoms. The van der Waals surface area contributed by atoms with Crippen LogP contribution in [0, 0.1) is 11.3 Å². The molecule has 104 valence electrons. The molecule has 9 heteroatoms. The highest BCUT2D eigenvalue weighted by Crippen LogP contribution is 2.31. The standard InChI is InChI=1S/C11H11N5O4/c12-2-1-5-7(17)8(18)11(20-5)16-4-15-6-9(16)13-3-14-10(6)19/h3-5,7-8,11,17-18H,1H2,(H,13,14,19)/t5-,7-,8-,11-/m1/s1. The van der Waals surface area contributed by atoms with Crippen LogP contribution in [-0.4, -0.2) is 48.0 Å². The summed E-state index contributed by atoms with van der Waals surface area (Å²) in [4.78, 5) is 21.8. The van der Waals surface area contributed by atoms with Crippen LogP contribution >= 0.6 is 0 Å². The van der Waals surface area contributed by atoms with Crippen LogP contribution in [0.3, 0.4) is 0 Å². The Labute approximate surface area is 112 Å². The monoisotopic (exact) mass is 277 g/mol. The molecule has 0 aromatic carbocycles. The number of nitriles is 1. The highest BCUT2D eigenvalue weighted by molar-refractivity contribution is 5.68. The topological polar surface area (TPSA) is 137 Å². The van der Waals surface area contributed by atoms with Crippen LogP contribution in [0.4, 0.5) is 0 Å². The predicted molar refractivity (Wildman–Crippen MR) is 64.3 cm³/mol. The van der Waals surface area contributed by atoms with Crippen molar-refractivity contribution in [2.24, 2.45) is 0 Å². The Morgan fingerprint density at radius 2 is 2.25 bits per heavy atom. The summed E-state index contributed by atoms with van der Waals surface area (Å²) in [6.07, 6.45) is -1.67. The maximum atomic E-state index is 11.6. The Kier molecular flexibility index (Phi) is 2.98. The Bertz CT molecular complexity index is 732. The van der Waals surface area contributed by atoms with E-state index in [1.807, 2.05) is 6.07 Å². The van der Waals surface area contributed by atoms with Crippen molar-refractivity contribution >= 4 is 11.2 Å². The largest absolute Gasteiger partial charge is 0.387 e. The number of nitrogens with zero attached hydrogens (tertiary/aromatic N) is 4. The van der Waals surface area contributed by atoms with Gasteiger partial charge < -0.3 is 19.9 Å². The van der Waals surface area contributed by atoms with E-state index in [1.165, 1.54) is 17.2 Å². The van der Waals surface area contributed by atoms with Crippen molar-refractivity contribution < 1.29 is 14.9 Å². The molecule has 1 fully saturated rings. The fourth-order valence-corrected chi connectivity index (χ4v) is 2.27. The quantitative estimate of drug-likeness (QED) is 0.617. The van der Waals surface area contributed by atoms with E-state index in [1.54, 1.807) is 0 Å². The first-order valence-corrected chi connectivity index (χ1v) is 5.92. The van der Waals surface area contributed by atoms with E-state index >= 15 is 0 Å². The third-order valence-electron chi connectivity index (χ3n) is 3.27. The lowest BCUT2D eigenvalue weighted by Crippen LogP contribution is -2.31. The lowest BCUT2D eigenvalue weighted by atomic mass is 10.1. The molecule has 0 amide bonds. The number of H-pyrrole nitrogens is 1. The number of fused-ring (bicyclic) bond motifs is 1. The molecule has 20 heavy (non-hydrogen) atoms. The summed E-state index contributed by atoms with van der Waals surface area (Å²) in [7, 11) is 0. The summed E-state index contributed by atoms with van der Waals surface area (Å²) >= 11 is 0. The van der Waals surface area contributed by atoms with Gasteiger partial charge in [-0.1, -0.05) is 0 Å². The minimum absolute atomic E-state index is 0.0463. The maximum absolute atomic E-state index is 11.6. The van der Waals surface area contributed by atoms with Gasteiger partial charge in [0.1, 0.15) is 18.3 Å². The number of rotatable bonds is 2. The fourth-order valence-electron chi connectivity index (χ4n) is 2.27. The Morgan fingerprint density at radius 3 is 3.00 bits per heavy atom. The number of aromatic amines is 1. The molecule has 9 nitrogen and oxygen atoms in total. The molecule has 0 radical (unpaired) electrons. The van der Waals surface area contributed by atoms with Crippen molar-refractivity contribution in [3.8, 4) is 6.07 Å². The molecule has 0 unspecified atom stereocenters. The van der Waals surface area contributed by atoms with Gasteiger partial charge in [0.05, 0.1) is 25.1 Å². The number of aliphatic hydroxyl groups is 2. The van der Waals surface area contributed by atoms with Gasteiger partial charge in [-0.3, -0.25) is 9.36 Å². The number of aliphatic hydroxyl groups excluding tert-OH is 2. The highest BCUT2D eigenvalue weighted by atomic mass is 16.6. The van der Waals surface area contributed by atoms with E-state index in [0.717, 1.165) is 0 Å². The van der Waals surface area contributed by atoms with Crippen LogP contribution < -0.4 is 5.56 Å². The normalized spacial score (nSPS) is 29.6. The lowest BCUT2D eigenvalue weighted by Gasteiger charge is -2.16. The molecule has 0 saturated carbocycles. The summed E-state index contributed by atoms with van der Waals surface area (Å²) in [5.41, 5.74) is -0.0560. The van der Waals surface area contributed by atoms with Crippen LogP contribution in [0.2, 0.25) is 0 Å². The molecule has 1 saturated heterocycles. The third kappa shape index (κ3) is 1.78. The van der Waals surface area contributed by atoms with Gasteiger partial charge in [0.25, 0.3) is 5.56 Å². The minimum atomic E-state index is -1.23. The van der Waals surface area contributed by atoms with Gasteiger partial charge in [-0.05, 0) is 0 Å². The molecule has 0 aliphatic carbocycles. The van der Waals surface area contributed by atoms with Crippen molar-refractivity contribution in [3.63, 3.8) is 0 Å². The van der Waals surface area contributed by atoms with Gasteiger partial charge in [-0.25, -0.2) is 9.97 Å². The summed E-state index contributed by atoms with van der Waals surface area (Å²) in [6.45, 7) is 0. The van der Waals surface area contributed by atoms with Crippen LogP contribution in [0.1, 0.15) is 12.6 Å². The molecular weight excluding hydrogens is 266 g/mol. The van der Waals surface area contributed by atoms with Crippen molar-refractivity contribution in [1.29, 1.82) is 5.26 Å². The molecule has 3 rings (SSSR count). The number of hydrogen-bond donors (Lipinski definition) is 3. The van der Waals surface area contributed by atoms with Gasteiger partial charge in [-0.15, -0.1) is 0 Å². The fraction of sp³-hybridized carbons (Fsp3) is 0.455. The van der Waals surface area contributed by atoms with Gasteiger partial charge in [0.15, 0.2) is 17.4 Å². The smallest absolute Gasteiger partial charge is 0.278 e. The van der Waals surface area contributed by atoms with Gasteiger partial charge >= 0.3 is 0 Å².